The number of aromatic nitrogens is 4. The SMILES string of the molecule is Cc1cc(-c2cc3c(N4CC5CCC(C4)N5C(=O)OC(C)(C)C)ccnn3c2)cnn1. The Morgan fingerprint density at radius 2 is 1.87 bits per heavy atom. The first kappa shape index (κ1) is 19.8. The van der Waals surface area contributed by atoms with Gasteiger partial charge in [-0.2, -0.15) is 15.3 Å². The number of aryl methyl sites for hydroxylation is 1. The van der Waals surface area contributed by atoms with E-state index in [4.69, 9.17) is 4.74 Å². The molecule has 2 fully saturated rings. The second-order valence-electron chi connectivity index (χ2n) is 9.54. The number of fused-ring (bicyclic) bond motifs is 3. The molecular weight excluding hydrogens is 392 g/mol. The number of amides is 1. The fraction of sp³-hybridized carbons (Fsp3) is 0.478. The summed E-state index contributed by atoms with van der Waals surface area (Å²) in [6.45, 7) is 9.29. The molecule has 5 heterocycles. The topological polar surface area (TPSA) is 75.9 Å². The smallest absolute Gasteiger partial charge is 0.410 e. The van der Waals surface area contributed by atoms with Crippen molar-refractivity contribution in [3.05, 3.63) is 42.5 Å². The van der Waals surface area contributed by atoms with E-state index in [2.05, 4.69) is 32.3 Å². The van der Waals surface area contributed by atoms with E-state index in [1.54, 1.807) is 6.20 Å². The Hall–Kier alpha value is -3.16. The quantitative estimate of drug-likeness (QED) is 0.629. The lowest BCUT2D eigenvalue weighted by atomic mass is 10.1. The van der Waals surface area contributed by atoms with Gasteiger partial charge in [-0.3, -0.25) is 4.90 Å². The Bertz CT molecular complexity index is 1120. The van der Waals surface area contributed by atoms with Crippen LogP contribution in [0.5, 0.6) is 0 Å². The summed E-state index contributed by atoms with van der Waals surface area (Å²) < 4.78 is 7.59. The molecule has 0 aliphatic carbocycles. The summed E-state index contributed by atoms with van der Waals surface area (Å²) in [5.74, 6) is 0. The minimum Gasteiger partial charge on any atom is -0.444 e. The first-order chi connectivity index (χ1) is 14.8. The number of rotatable bonds is 2. The van der Waals surface area contributed by atoms with Gasteiger partial charge in [0.15, 0.2) is 0 Å². The average molecular weight is 421 g/mol. The molecule has 2 saturated heterocycles. The number of hydrogen-bond acceptors (Lipinski definition) is 6. The maximum atomic E-state index is 12.8. The third-order valence-corrected chi connectivity index (χ3v) is 6.02. The summed E-state index contributed by atoms with van der Waals surface area (Å²) in [5.41, 5.74) is 4.69. The van der Waals surface area contributed by atoms with Crippen LogP contribution in [-0.2, 0) is 4.74 Å². The van der Waals surface area contributed by atoms with Crippen LogP contribution in [0.25, 0.3) is 16.6 Å². The van der Waals surface area contributed by atoms with Gasteiger partial charge in [0.2, 0.25) is 0 Å². The number of hydrogen-bond donors (Lipinski definition) is 0. The monoisotopic (exact) mass is 420 g/mol. The van der Waals surface area contributed by atoms with Crippen LogP contribution in [0.2, 0.25) is 0 Å². The van der Waals surface area contributed by atoms with E-state index in [-0.39, 0.29) is 18.2 Å². The molecule has 0 saturated carbocycles. The summed E-state index contributed by atoms with van der Waals surface area (Å²) in [7, 11) is 0. The van der Waals surface area contributed by atoms with Crippen molar-refractivity contribution in [3.63, 3.8) is 0 Å². The molecule has 2 atom stereocenters. The summed E-state index contributed by atoms with van der Waals surface area (Å²) in [5, 5.41) is 12.6. The normalized spacial score (nSPS) is 21.0. The molecule has 3 aromatic rings. The van der Waals surface area contributed by atoms with E-state index in [0.717, 1.165) is 54.0 Å². The van der Waals surface area contributed by atoms with Gasteiger partial charge in [0.1, 0.15) is 5.60 Å². The third kappa shape index (κ3) is 3.71. The van der Waals surface area contributed by atoms with Crippen molar-refractivity contribution >= 4 is 17.3 Å². The van der Waals surface area contributed by atoms with Gasteiger partial charge in [0, 0.05) is 36.6 Å². The molecule has 2 bridgehead atoms. The molecule has 1 amide bonds. The number of piperazine rings is 1. The zero-order valence-corrected chi connectivity index (χ0v) is 18.4. The van der Waals surface area contributed by atoms with E-state index in [1.807, 2.05) is 55.6 Å². The van der Waals surface area contributed by atoms with Crippen LogP contribution in [0.4, 0.5) is 10.5 Å². The van der Waals surface area contributed by atoms with Crippen LogP contribution in [0.1, 0.15) is 39.3 Å². The zero-order valence-electron chi connectivity index (χ0n) is 18.4. The van der Waals surface area contributed by atoms with Gasteiger partial charge < -0.3 is 9.64 Å². The first-order valence-electron chi connectivity index (χ1n) is 10.8. The molecule has 3 aromatic heterocycles. The minimum atomic E-state index is -0.479. The molecule has 5 rings (SSSR count). The number of anilines is 1. The van der Waals surface area contributed by atoms with Gasteiger partial charge in [-0.25, -0.2) is 9.31 Å². The fourth-order valence-electron chi connectivity index (χ4n) is 4.77. The molecule has 2 unspecified atom stereocenters. The molecular formula is C23H28N6O2. The molecule has 2 aliphatic heterocycles. The molecule has 0 radical (unpaired) electrons. The molecule has 0 spiro atoms. The van der Waals surface area contributed by atoms with Gasteiger partial charge in [-0.05, 0) is 58.7 Å². The fourth-order valence-corrected chi connectivity index (χ4v) is 4.77. The minimum absolute atomic E-state index is 0.170. The Labute approximate surface area is 181 Å². The Morgan fingerprint density at radius 3 is 2.55 bits per heavy atom. The number of carbonyl (C=O) groups is 1. The second kappa shape index (κ2) is 7.21. The summed E-state index contributed by atoms with van der Waals surface area (Å²) in [6.07, 6.45) is 7.48. The lowest BCUT2D eigenvalue weighted by Crippen LogP contribution is -2.56. The lowest BCUT2D eigenvalue weighted by Gasteiger charge is -2.42. The number of carbonyl (C=O) groups excluding carboxylic acids is 1. The van der Waals surface area contributed by atoms with Gasteiger partial charge in [0.05, 0.1) is 35.2 Å². The van der Waals surface area contributed by atoms with E-state index < -0.39 is 5.60 Å². The van der Waals surface area contributed by atoms with Crippen LogP contribution >= 0.6 is 0 Å². The Morgan fingerprint density at radius 1 is 1.13 bits per heavy atom. The van der Waals surface area contributed by atoms with Crippen LogP contribution in [-0.4, -0.2) is 61.6 Å². The van der Waals surface area contributed by atoms with Crippen LogP contribution in [0, 0.1) is 6.92 Å². The van der Waals surface area contributed by atoms with Crippen LogP contribution in [0.15, 0.2) is 36.8 Å². The van der Waals surface area contributed by atoms with Crippen LogP contribution < -0.4 is 4.90 Å². The maximum absolute atomic E-state index is 12.8. The van der Waals surface area contributed by atoms with Gasteiger partial charge in [-0.15, -0.1) is 0 Å². The van der Waals surface area contributed by atoms with Crippen molar-refractivity contribution < 1.29 is 9.53 Å². The van der Waals surface area contributed by atoms with Crippen molar-refractivity contribution in [1.29, 1.82) is 0 Å². The number of ether oxygens (including phenoxy) is 1. The van der Waals surface area contributed by atoms with Crippen LogP contribution in [0.3, 0.4) is 0 Å². The van der Waals surface area contributed by atoms with Gasteiger partial charge in [0.25, 0.3) is 0 Å². The van der Waals surface area contributed by atoms with E-state index in [1.165, 1.54) is 0 Å². The van der Waals surface area contributed by atoms with Crippen molar-refractivity contribution in [2.45, 2.75) is 58.2 Å². The van der Waals surface area contributed by atoms with Crippen molar-refractivity contribution in [1.82, 2.24) is 24.7 Å². The van der Waals surface area contributed by atoms with Gasteiger partial charge >= 0.3 is 6.09 Å². The highest BCUT2D eigenvalue weighted by atomic mass is 16.6. The molecule has 0 N–H and O–H groups in total. The maximum Gasteiger partial charge on any atom is 0.410 e. The highest BCUT2D eigenvalue weighted by Crippen LogP contribution is 2.36. The van der Waals surface area contributed by atoms with Crippen molar-refractivity contribution in [2.75, 3.05) is 18.0 Å². The average Bonchev–Trinajstić information content (AvgIpc) is 3.25. The Kier molecular flexibility index (Phi) is 4.60. The molecule has 2 aliphatic rings. The predicted octanol–water partition coefficient (Wildman–Crippen LogP) is 3.69. The van der Waals surface area contributed by atoms with E-state index in [0.29, 0.717) is 0 Å². The number of nitrogens with zero attached hydrogens (tertiary/aromatic N) is 6. The molecule has 8 nitrogen and oxygen atoms in total. The summed E-state index contributed by atoms with van der Waals surface area (Å²) in [4.78, 5) is 17.1. The zero-order chi connectivity index (χ0) is 21.8. The summed E-state index contributed by atoms with van der Waals surface area (Å²) >= 11 is 0. The van der Waals surface area contributed by atoms with E-state index in [9.17, 15) is 4.79 Å². The molecule has 31 heavy (non-hydrogen) atoms. The second-order valence-corrected chi connectivity index (χ2v) is 9.54. The van der Waals surface area contributed by atoms with Crippen molar-refractivity contribution in [3.8, 4) is 11.1 Å². The third-order valence-electron chi connectivity index (χ3n) is 6.02. The summed E-state index contributed by atoms with van der Waals surface area (Å²) in [6, 6.07) is 6.59. The van der Waals surface area contributed by atoms with Gasteiger partial charge in [-0.1, -0.05) is 0 Å². The van der Waals surface area contributed by atoms with Crippen molar-refractivity contribution in [2.24, 2.45) is 0 Å². The molecule has 0 aromatic carbocycles. The molecule has 162 valence electrons. The molecule has 8 heteroatoms. The highest BCUT2D eigenvalue weighted by molar-refractivity contribution is 5.80. The largest absolute Gasteiger partial charge is 0.444 e. The van der Waals surface area contributed by atoms with E-state index >= 15 is 0 Å². The standard InChI is InChI=1S/C23H28N6O2/c1-15-9-16(11-24-26-15)17-10-21-20(7-8-25-28(21)12-17)27-13-18-5-6-19(14-27)29(18)22(30)31-23(2,3)4/h7-12,18-19H,5-6,13-14H2,1-4H3. The Balaban J connectivity index is 1.43. The highest BCUT2D eigenvalue weighted by Gasteiger charge is 2.44. The lowest BCUT2D eigenvalue weighted by molar-refractivity contribution is 0.0123. The predicted molar refractivity (Wildman–Crippen MR) is 118 cm³/mol. The first-order valence-corrected chi connectivity index (χ1v) is 10.8.